The van der Waals surface area contributed by atoms with Crippen LogP contribution in [-0.4, -0.2) is 33.2 Å². The van der Waals surface area contributed by atoms with Crippen molar-refractivity contribution in [3.8, 4) is 11.5 Å². The summed E-state index contributed by atoms with van der Waals surface area (Å²) >= 11 is 0. The molecule has 0 amide bonds. The Morgan fingerprint density at radius 3 is 2.73 bits per heavy atom. The quantitative estimate of drug-likeness (QED) is 0.347. The average molecular weight is 344 g/mol. The molecule has 2 aromatic carbocycles. The fourth-order valence-electron chi connectivity index (χ4n) is 2.70. The summed E-state index contributed by atoms with van der Waals surface area (Å²) in [5, 5.41) is 12.3. The number of benzene rings is 2. The van der Waals surface area contributed by atoms with E-state index < -0.39 is 0 Å². The average Bonchev–Trinajstić information content (AvgIpc) is 3.14. The highest BCUT2D eigenvalue weighted by Gasteiger charge is 2.12. The first-order valence-electron chi connectivity index (χ1n) is 7.94. The summed E-state index contributed by atoms with van der Waals surface area (Å²) < 4.78 is 10.7. The van der Waals surface area contributed by atoms with Crippen molar-refractivity contribution in [2.75, 3.05) is 12.2 Å². The Kier molecular flexibility index (Phi) is 3.31. The lowest BCUT2D eigenvalue weighted by molar-refractivity contribution is 0.174. The van der Waals surface area contributed by atoms with E-state index in [0.29, 0.717) is 22.6 Å². The van der Waals surface area contributed by atoms with E-state index in [2.05, 4.69) is 30.7 Å². The third kappa shape index (κ3) is 2.53. The lowest BCUT2D eigenvalue weighted by Crippen LogP contribution is -1.99. The predicted molar refractivity (Wildman–Crippen MR) is 96.4 cm³/mol. The van der Waals surface area contributed by atoms with Gasteiger partial charge in [0, 0.05) is 0 Å². The highest BCUT2D eigenvalue weighted by atomic mass is 16.7. The summed E-state index contributed by atoms with van der Waals surface area (Å²) in [4.78, 5) is 9.17. The van der Waals surface area contributed by atoms with Crippen molar-refractivity contribution >= 4 is 34.1 Å². The van der Waals surface area contributed by atoms with Crippen molar-refractivity contribution in [3.05, 3.63) is 54.2 Å². The van der Waals surface area contributed by atoms with Gasteiger partial charge in [-0.2, -0.15) is 10.2 Å². The number of hydrazone groups is 1. The number of nitrogens with zero attached hydrogens (tertiary/aromatic N) is 5. The summed E-state index contributed by atoms with van der Waals surface area (Å²) in [5.74, 6) is 1.88. The van der Waals surface area contributed by atoms with Crippen molar-refractivity contribution in [1.82, 2.24) is 20.2 Å². The first-order chi connectivity index (χ1) is 12.9. The minimum atomic E-state index is 0.242. The maximum atomic E-state index is 5.36. The van der Waals surface area contributed by atoms with Crippen LogP contribution >= 0.6 is 0 Å². The highest BCUT2D eigenvalue weighted by molar-refractivity contribution is 5.91. The maximum absolute atomic E-state index is 5.36. The number of ether oxygens (including phenoxy) is 2. The van der Waals surface area contributed by atoms with E-state index in [1.165, 1.54) is 0 Å². The molecular weight excluding hydrogens is 332 g/mol. The lowest BCUT2D eigenvalue weighted by atomic mass is 10.2. The summed E-state index contributed by atoms with van der Waals surface area (Å²) in [6.07, 6.45) is 3.25. The standard InChI is InChI=1S/C18H12N6O2/c1-2-4-13-12(3-1)21-14-9-20-24-18(17(14)22-13)23-19-8-11-5-6-15-16(7-11)26-10-25-15/h1-9H,10H2,(H,23,24)/b19-8+. The Bertz CT molecular complexity index is 1160. The molecule has 8 nitrogen and oxygen atoms in total. The molecule has 1 N–H and O–H groups in total. The van der Waals surface area contributed by atoms with Crippen LogP contribution in [0, 0.1) is 0 Å². The molecule has 0 unspecified atom stereocenters. The number of nitrogens with one attached hydrogen (secondary N) is 1. The second-order valence-corrected chi connectivity index (χ2v) is 5.62. The zero-order valence-electron chi connectivity index (χ0n) is 13.5. The Labute approximate surface area is 147 Å². The lowest BCUT2D eigenvalue weighted by Gasteiger charge is -2.04. The zero-order chi connectivity index (χ0) is 17.3. The third-order valence-corrected chi connectivity index (χ3v) is 3.94. The Hall–Kier alpha value is -3.81. The van der Waals surface area contributed by atoms with Gasteiger partial charge in [0.25, 0.3) is 0 Å². The van der Waals surface area contributed by atoms with Crippen LogP contribution in [0.3, 0.4) is 0 Å². The van der Waals surface area contributed by atoms with Gasteiger partial charge in [-0.1, -0.05) is 12.1 Å². The van der Waals surface area contributed by atoms with Gasteiger partial charge in [-0.25, -0.2) is 9.97 Å². The summed E-state index contributed by atoms with van der Waals surface area (Å²) in [7, 11) is 0. The Balaban J connectivity index is 1.46. The van der Waals surface area contributed by atoms with Crippen molar-refractivity contribution in [2.45, 2.75) is 0 Å². The smallest absolute Gasteiger partial charge is 0.231 e. The maximum Gasteiger partial charge on any atom is 0.231 e. The molecule has 0 bridgehead atoms. The minimum Gasteiger partial charge on any atom is -0.454 e. The first kappa shape index (κ1) is 14.5. The van der Waals surface area contributed by atoms with Crippen LogP contribution in [0.2, 0.25) is 0 Å². The summed E-state index contributed by atoms with van der Waals surface area (Å²) in [5.41, 5.74) is 6.62. The second kappa shape index (κ2) is 5.92. The Morgan fingerprint density at radius 2 is 1.81 bits per heavy atom. The van der Waals surface area contributed by atoms with Crippen LogP contribution in [0.5, 0.6) is 11.5 Å². The molecule has 1 aliphatic heterocycles. The molecular formula is C18H12N6O2. The predicted octanol–water partition coefficient (Wildman–Crippen LogP) is 2.75. The summed E-state index contributed by atoms with van der Waals surface area (Å²) in [6.45, 7) is 0.242. The molecule has 4 aromatic rings. The van der Waals surface area contributed by atoms with E-state index in [0.717, 1.165) is 22.3 Å². The molecule has 0 atom stereocenters. The molecule has 0 aliphatic carbocycles. The molecule has 26 heavy (non-hydrogen) atoms. The van der Waals surface area contributed by atoms with Crippen LogP contribution in [0.25, 0.3) is 22.1 Å². The van der Waals surface area contributed by atoms with Gasteiger partial charge in [0.2, 0.25) is 6.79 Å². The minimum absolute atomic E-state index is 0.242. The number of fused-ring (bicyclic) bond motifs is 3. The number of rotatable bonds is 3. The number of hydrogen-bond donors (Lipinski definition) is 1. The van der Waals surface area contributed by atoms with Gasteiger partial charge in [0.1, 0.15) is 11.0 Å². The fourth-order valence-corrected chi connectivity index (χ4v) is 2.70. The monoisotopic (exact) mass is 344 g/mol. The van der Waals surface area contributed by atoms with E-state index in [1.807, 2.05) is 42.5 Å². The second-order valence-electron chi connectivity index (χ2n) is 5.62. The van der Waals surface area contributed by atoms with Crippen LogP contribution in [-0.2, 0) is 0 Å². The van der Waals surface area contributed by atoms with Crippen molar-refractivity contribution < 1.29 is 9.47 Å². The van der Waals surface area contributed by atoms with Gasteiger partial charge in [-0.15, -0.1) is 5.10 Å². The fraction of sp³-hybridized carbons (Fsp3) is 0.0556. The van der Waals surface area contributed by atoms with Crippen LogP contribution in [0.4, 0.5) is 5.82 Å². The molecule has 0 fully saturated rings. The van der Waals surface area contributed by atoms with Gasteiger partial charge in [-0.05, 0) is 35.9 Å². The molecule has 3 heterocycles. The van der Waals surface area contributed by atoms with E-state index in [-0.39, 0.29) is 6.79 Å². The molecule has 0 saturated carbocycles. The SMILES string of the molecule is C(=N\Nc1nncc2nc3ccccc3nc12)/c1ccc2c(c1)OCO2. The van der Waals surface area contributed by atoms with Crippen LogP contribution in [0.15, 0.2) is 53.8 Å². The van der Waals surface area contributed by atoms with Gasteiger partial charge >= 0.3 is 0 Å². The van der Waals surface area contributed by atoms with Crippen molar-refractivity contribution in [1.29, 1.82) is 0 Å². The van der Waals surface area contributed by atoms with Crippen molar-refractivity contribution in [3.63, 3.8) is 0 Å². The van der Waals surface area contributed by atoms with Gasteiger partial charge in [0.05, 0.1) is 23.4 Å². The molecule has 0 radical (unpaired) electrons. The number of para-hydroxylation sites is 2. The molecule has 126 valence electrons. The van der Waals surface area contributed by atoms with Gasteiger partial charge in [0.15, 0.2) is 17.3 Å². The van der Waals surface area contributed by atoms with Crippen LogP contribution < -0.4 is 14.9 Å². The first-order valence-corrected chi connectivity index (χ1v) is 7.94. The molecule has 5 rings (SSSR count). The third-order valence-electron chi connectivity index (χ3n) is 3.94. The number of aromatic nitrogens is 4. The van der Waals surface area contributed by atoms with E-state index in [9.17, 15) is 0 Å². The molecule has 1 aliphatic rings. The molecule has 8 heteroatoms. The molecule has 0 saturated heterocycles. The molecule has 2 aromatic heterocycles. The Morgan fingerprint density at radius 1 is 0.962 bits per heavy atom. The molecule has 0 spiro atoms. The highest BCUT2D eigenvalue weighted by Crippen LogP contribution is 2.32. The van der Waals surface area contributed by atoms with Gasteiger partial charge in [-0.3, -0.25) is 5.43 Å². The zero-order valence-corrected chi connectivity index (χ0v) is 13.5. The topological polar surface area (TPSA) is 94.4 Å². The number of hydrogen-bond acceptors (Lipinski definition) is 8. The van der Waals surface area contributed by atoms with Crippen molar-refractivity contribution in [2.24, 2.45) is 5.10 Å². The van der Waals surface area contributed by atoms with E-state index >= 15 is 0 Å². The normalized spacial score (nSPS) is 12.9. The van der Waals surface area contributed by atoms with E-state index in [1.54, 1.807) is 12.4 Å². The number of anilines is 1. The van der Waals surface area contributed by atoms with Crippen LogP contribution in [0.1, 0.15) is 5.56 Å². The summed E-state index contributed by atoms with van der Waals surface area (Å²) in [6, 6.07) is 13.2. The van der Waals surface area contributed by atoms with E-state index in [4.69, 9.17) is 9.47 Å². The van der Waals surface area contributed by atoms with Gasteiger partial charge < -0.3 is 9.47 Å². The largest absolute Gasteiger partial charge is 0.454 e.